The van der Waals surface area contributed by atoms with Gasteiger partial charge in [-0.1, -0.05) is 6.92 Å². The first-order valence-corrected chi connectivity index (χ1v) is 7.28. The molecule has 3 rings (SSSR count). The molecule has 1 aromatic rings. The lowest BCUT2D eigenvalue weighted by Gasteiger charge is -2.37. The number of aryl methyl sites for hydroxylation is 1. The number of piperidine rings is 1. The molecule has 2 N–H and O–H groups in total. The fraction of sp³-hybridized carbons (Fsp3) is 0.786. The molecule has 2 atom stereocenters. The second-order valence-corrected chi connectivity index (χ2v) is 5.87. The number of imidazole rings is 1. The van der Waals surface area contributed by atoms with Gasteiger partial charge in [0.25, 0.3) is 0 Å². The van der Waals surface area contributed by atoms with Crippen LogP contribution < -0.4 is 5.73 Å². The molecule has 3 heterocycles. The van der Waals surface area contributed by atoms with Crippen molar-refractivity contribution >= 4 is 0 Å². The van der Waals surface area contributed by atoms with E-state index in [4.69, 9.17) is 5.73 Å². The zero-order valence-corrected chi connectivity index (χ0v) is 11.3. The van der Waals surface area contributed by atoms with Gasteiger partial charge < -0.3 is 10.3 Å². The van der Waals surface area contributed by atoms with Crippen molar-refractivity contribution in [1.29, 1.82) is 0 Å². The van der Waals surface area contributed by atoms with Crippen LogP contribution in [0.25, 0.3) is 0 Å². The van der Waals surface area contributed by atoms with Crippen LogP contribution in [0.4, 0.5) is 0 Å². The van der Waals surface area contributed by atoms with E-state index >= 15 is 0 Å². The van der Waals surface area contributed by atoms with Gasteiger partial charge in [0.2, 0.25) is 0 Å². The molecule has 0 aromatic carbocycles. The summed E-state index contributed by atoms with van der Waals surface area (Å²) in [5.74, 6) is 0. The molecule has 2 aliphatic heterocycles. The van der Waals surface area contributed by atoms with Crippen LogP contribution in [0.5, 0.6) is 0 Å². The van der Waals surface area contributed by atoms with Gasteiger partial charge in [-0.25, -0.2) is 4.98 Å². The highest BCUT2D eigenvalue weighted by Gasteiger charge is 2.39. The largest absolute Gasteiger partial charge is 0.333 e. The lowest BCUT2D eigenvalue weighted by Crippen LogP contribution is -2.47. The summed E-state index contributed by atoms with van der Waals surface area (Å²) in [5.41, 5.74) is 7.49. The van der Waals surface area contributed by atoms with Gasteiger partial charge in [-0.3, -0.25) is 4.90 Å². The first-order valence-electron chi connectivity index (χ1n) is 7.28. The average Bonchev–Trinajstić information content (AvgIpc) is 2.86. The Balaban J connectivity index is 1.71. The van der Waals surface area contributed by atoms with Crippen LogP contribution in [0.3, 0.4) is 0 Å². The molecule has 4 nitrogen and oxygen atoms in total. The molecule has 1 aromatic heterocycles. The molecule has 0 spiro atoms. The van der Waals surface area contributed by atoms with E-state index in [1.165, 1.54) is 37.8 Å². The monoisotopic (exact) mass is 248 g/mol. The number of hydrogen-bond donors (Lipinski definition) is 1. The van der Waals surface area contributed by atoms with E-state index in [-0.39, 0.29) is 0 Å². The van der Waals surface area contributed by atoms with Crippen molar-refractivity contribution in [3.05, 3.63) is 18.2 Å². The third-order valence-electron chi connectivity index (χ3n) is 4.53. The SMILES string of the molecule is CCCn1cncc1CN1C2CCC1CC(N)C2. The molecule has 4 heteroatoms. The highest BCUT2D eigenvalue weighted by atomic mass is 15.2. The lowest BCUT2D eigenvalue weighted by molar-refractivity contribution is 0.117. The standard InChI is InChI=1S/C14H24N4/c1-2-5-17-10-16-8-14(17)9-18-12-3-4-13(18)7-11(15)6-12/h8,10-13H,2-7,9,15H2,1H3. The molecule has 2 fully saturated rings. The van der Waals surface area contributed by atoms with E-state index in [0.717, 1.165) is 13.1 Å². The van der Waals surface area contributed by atoms with Crippen LogP contribution in [0.1, 0.15) is 44.7 Å². The molecule has 0 saturated carbocycles. The fourth-order valence-electron chi connectivity index (χ4n) is 3.68. The molecule has 100 valence electrons. The summed E-state index contributed by atoms with van der Waals surface area (Å²) in [6, 6.07) is 1.85. The number of nitrogens with two attached hydrogens (primary N) is 1. The minimum absolute atomic E-state index is 0.430. The van der Waals surface area contributed by atoms with Crippen molar-refractivity contribution in [3.8, 4) is 0 Å². The summed E-state index contributed by atoms with van der Waals surface area (Å²) in [6.45, 7) is 4.35. The zero-order chi connectivity index (χ0) is 12.5. The van der Waals surface area contributed by atoms with Crippen molar-refractivity contribution in [2.45, 2.75) is 70.2 Å². The number of aromatic nitrogens is 2. The number of rotatable bonds is 4. The summed E-state index contributed by atoms with van der Waals surface area (Å²) in [5, 5.41) is 0. The summed E-state index contributed by atoms with van der Waals surface area (Å²) in [6.07, 6.45) is 10.2. The minimum Gasteiger partial charge on any atom is -0.333 e. The van der Waals surface area contributed by atoms with E-state index in [0.29, 0.717) is 18.1 Å². The van der Waals surface area contributed by atoms with Crippen molar-refractivity contribution in [2.24, 2.45) is 5.73 Å². The molecule has 2 aliphatic rings. The fourth-order valence-corrected chi connectivity index (χ4v) is 3.68. The van der Waals surface area contributed by atoms with E-state index < -0.39 is 0 Å². The average molecular weight is 248 g/mol. The predicted octanol–water partition coefficient (Wildman–Crippen LogP) is 1.75. The Morgan fingerprint density at radius 1 is 1.33 bits per heavy atom. The summed E-state index contributed by atoms with van der Waals surface area (Å²) >= 11 is 0. The van der Waals surface area contributed by atoms with Crippen molar-refractivity contribution in [2.75, 3.05) is 0 Å². The van der Waals surface area contributed by atoms with E-state index in [9.17, 15) is 0 Å². The molecule has 18 heavy (non-hydrogen) atoms. The maximum absolute atomic E-state index is 6.12. The van der Waals surface area contributed by atoms with Crippen molar-refractivity contribution in [3.63, 3.8) is 0 Å². The van der Waals surface area contributed by atoms with Gasteiger partial charge in [0.05, 0.1) is 12.0 Å². The molecule has 0 radical (unpaired) electrons. The normalized spacial score (nSPS) is 32.0. The summed E-state index contributed by atoms with van der Waals surface area (Å²) in [7, 11) is 0. The van der Waals surface area contributed by atoms with Crippen LogP contribution in [0.2, 0.25) is 0 Å². The smallest absolute Gasteiger partial charge is 0.0948 e. The molecule has 0 amide bonds. The molecule has 2 saturated heterocycles. The first kappa shape index (κ1) is 12.2. The zero-order valence-electron chi connectivity index (χ0n) is 11.3. The highest BCUT2D eigenvalue weighted by molar-refractivity contribution is 5.04. The van der Waals surface area contributed by atoms with Crippen molar-refractivity contribution < 1.29 is 0 Å². The second-order valence-electron chi connectivity index (χ2n) is 5.87. The summed E-state index contributed by atoms with van der Waals surface area (Å²) in [4.78, 5) is 6.98. The first-order chi connectivity index (χ1) is 8.78. The van der Waals surface area contributed by atoms with E-state index in [1.54, 1.807) is 0 Å². The van der Waals surface area contributed by atoms with Gasteiger partial charge in [-0.15, -0.1) is 0 Å². The third-order valence-corrected chi connectivity index (χ3v) is 4.53. The Morgan fingerprint density at radius 2 is 2.06 bits per heavy atom. The predicted molar refractivity (Wildman–Crippen MR) is 72.1 cm³/mol. The molecule has 0 aliphatic carbocycles. The molecule has 2 unspecified atom stereocenters. The quantitative estimate of drug-likeness (QED) is 0.883. The molecular weight excluding hydrogens is 224 g/mol. The molecule has 2 bridgehead atoms. The van der Waals surface area contributed by atoms with Crippen LogP contribution in [0.15, 0.2) is 12.5 Å². The third kappa shape index (κ3) is 2.19. The Bertz CT molecular complexity index is 386. The number of hydrogen-bond acceptors (Lipinski definition) is 3. The lowest BCUT2D eigenvalue weighted by atomic mass is 9.98. The Morgan fingerprint density at radius 3 is 2.72 bits per heavy atom. The minimum atomic E-state index is 0.430. The van der Waals surface area contributed by atoms with Gasteiger partial charge in [-0.05, 0) is 32.1 Å². The van der Waals surface area contributed by atoms with E-state index in [1.807, 2.05) is 12.5 Å². The molecular formula is C14H24N4. The van der Waals surface area contributed by atoms with Crippen LogP contribution in [-0.4, -0.2) is 32.6 Å². The van der Waals surface area contributed by atoms with Gasteiger partial charge in [-0.2, -0.15) is 0 Å². The van der Waals surface area contributed by atoms with E-state index in [2.05, 4.69) is 21.4 Å². The van der Waals surface area contributed by atoms with Crippen LogP contribution >= 0.6 is 0 Å². The van der Waals surface area contributed by atoms with Gasteiger partial charge >= 0.3 is 0 Å². The maximum Gasteiger partial charge on any atom is 0.0948 e. The van der Waals surface area contributed by atoms with Crippen LogP contribution in [0, 0.1) is 0 Å². The Labute approximate surface area is 109 Å². The number of nitrogens with zero attached hydrogens (tertiary/aromatic N) is 3. The Kier molecular flexibility index (Phi) is 3.39. The topological polar surface area (TPSA) is 47.1 Å². The highest BCUT2D eigenvalue weighted by Crippen LogP contribution is 2.36. The Hall–Kier alpha value is -0.870. The maximum atomic E-state index is 6.12. The van der Waals surface area contributed by atoms with Gasteiger partial charge in [0.15, 0.2) is 0 Å². The second kappa shape index (κ2) is 5.02. The summed E-state index contributed by atoms with van der Waals surface area (Å²) < 4.78 is 2.30. The van der Waals surface area contributed by atoms with Crippen molar-refractivity contribution in [1.82, 2.24) is 14.5 Å². The van der Waals surface area contributed by atoms with Crippen LogP contribution in [-0.2, 0) is 13.1 Å². The van der Waals surface area contributed by atoms with Gasteiger partial charge in [0.1, 0.15) is 0 Å². The van der Waals surface area contributed by atoms with Gasteiger partial charge in [0, 0.05) is 37.4 Å². The number of fused-ring (bicyclic) bond motifs is 2.